The van der Waals surface area contributed by atoms with E-state index in [1.165, 1.54) is 31.2 Å². The van der Waals surface area contributed by atoms with Crippen molar-refractivity contribution in [2.75, 3.05) is 0 Å². The lowest BCUT2D eigenvalue weighted by Gasteiger charge is -2.10. The third kappa shape index (κ3) is 5.23. The molecule has 0 aliphatic carbocycles. The Kier molecular flexibility index (Phi) is 6.91. The van der Waals surface area contributed by atoms with Crippen molar-refractivity contribution in [1.82, 2.24) is 0 Å². The zero-order valence-corrected chi connectivity index (χ0v) is 11.4. The molecule has 2 heteroatoms. The van der Waals surface area contributed by atoms with Crippen LogP contribution in [0.1, 0.15) is 44.6 Å². The number of halogens is 2. The highest BCUT2D eigenvalue weighted by Crippen LogP contribution is 2.21. The molecule has 0 nitrogen and oxygen atoms in total. The molecule has 1 unspecified atom stereocenters. The minimum Gasteiger partial charge on any atom is -0.123 e. The number of hydrogen-bond donors (Lipinski definition) is 0. The van der Waals surface area contributed by atoms with Gasteiger partial charge in [-0.15, -0.1) is 11.6 Å². The Morgan fingerprint density at radius 1 is 1.12 bits per heavy atom. The average Bonchev–Trinajstić information content (AvgIpc) is 2.28. The first kappa shape index (κ1) is 13.9. The van der Waals surface area contributed by atoms with Gasteiger partial charge in [0.1, 0.15) is 0 Å². The Morgan fingerprint density at radius 3 is 2.56 bits per heavy atom. The molecule has 0 spiro atoms. The van der Waals surface area contributed by atoms with Gasteiger partial charge in [-0.2, -0.15) is 0 Å². The monoisotopic (exact) mass is 258 g/mol. The lowest BCUT2D eigenvalue weighted by atomic mass is 10.0. The molecule has 1 aromatic rings. The van der Waals surface area contributed by atoms with Crippen molar-refractivity contribution in [3.05, 3.63) is 34.9 Å². The maximum absolute atomic E-state index is 6.31. The quantitative estimate of drug-likeness (QED) is 0.450. The highest BCUT2D eigenvalue weighted by molar-refractivity contribution is 6.31. The van der Waals surface area contributed by atoms with E-state index in [0.717, 1.165) is 17.9 Å². The molecule has 0 fully saturated rings. The van der Waals surface area contributed by atoms with Crippen LogP contribution in [-0.2, 0) is 6.42 Å². The van der Waals surface area contributed by atoms with Crippen LogP contribution in [0, 0.1) is 0 Å². The smallest absolute Gasteiger partial charge is 0.0438 e. The van der Waals surface area contributed by atoms with Gasteiger partial charge in [0.2, 0.25) is 0 Å². The molecule has 0 radical (unpaired) electrons. The van der Waals surface area contributed by atoms with Crippen molar-refractivity contribution >= 4 is 23.2 Å². The number of unbranched alkanes of at least 4 members (excludes halogenated alkanes) is 3. The molecule has 0 aliphatic heterocycles. The zero-order valence-electron chi connectivity index (χ0n) is 9.89. The van der Waals surface area contributed by atoms with Crippen molar-refractivity contribution < 1.29 is 0 Å². The van der Waals surface area contributed by atoms with Gasteiger partial charge in [0, 0.05) is 10.4 Å². The van der Waals surface area contributed by atoms with E-state index in [9.17, 15) is 0 Å². The number of alkyl halides is 1. The summed E-state index contributed by atoms with van der Waals surface area (Å²) in [4.78, 5) is 0. The molecule has 90 valence electrons. The Bertz CT molecular complexity index is 297. The van der Waals surface area contributed by atoms with Gasteiger partial charge in [-0.25, -0.2) is 0 Å². The molecule has 16 heavy (non-hydrogen) atoms. The molecule has 0 saturated carbocycles. The lowest BCUT2D eigenvalue weighted by molar-refractivity contribution is 0.612. The lowest BCUT2D eigenvalue weighted by Crippen LogP contribution is -2.03. The van der Waals surface area contributed by atoms with Gasteiger partial charge in [0.05, 0.1) is 0 Å². The summed E-state index contributed by atoms with van der Waals surface area (Å²) in [6.07, 6.45) is 7.09. The molecule has 0 amide bonds. The first-order valence-electron chi connectivity index (χ1n) is 6.11. The summed E-state index contributed by atoms with van der Waals surface area (Å²) in [5.41, 5.74) is 1.17. The van der Waals surface area contributed by atoms with Gasteiger partial charge < -0.3 is 0 Å². The third-order valence-corrected chi connectivity index (χ3v) is 3.51. The van der Waals surface area contributed by atoms with Crippen LogP contribution in [0.15, 0.2) is 24.3 Å². The van der Waals surface area contributed by atoms with Crippen molar-refractivity contribution in [3.63, 3.8) is 0 Å². The predicted octanol–water partition coefficient (Wildman–Crippen LogP) is 5.46. The van der Waals surface area contributed by atoms with Crippen LogP contribution in [0.5, 0.6) is 0 Å². The van der Waals surface area contributed by atoms with Crippen LogP contribution >= 0.6 is 23.2 Å². The maximum atomic E-state index is 6.31. The summed E-state index contributed by atoms with van der Waals surface area (Å²) in [5.74, 6) is 0. The Labute approximate surface area is 109 Å². The van der Waals surface area contributed by atoms with E-state index in [0.29, 0.717) is 0 Å². The fourth-order valence-electron chi connectivity index (χ4n) is 1.80. The first-order valence-corrected chi connectivity index (χ1v) is 6.93. The highest BCUT2D eigenvalue weighted by atomic mass is 35.5. The van der Waals surface area contributed by atoms with E-state index in [4.69, 9.17) is 23.2 Å². The molecular formula is C14H20Cl2. The Hall–Kier alpha value is -0.200. The second-order valence-corrected chi connectivity index (χ2v) is 5.27. The van der Waals surface area contributed by atoms with Crippen LogP contribution in [0.2, 0.25) is 5.02 Å². The van der Waals surface area contributed by atoms with E-state index in [1.807, 2.05) is 18.2 Å². The molecule has 1 aromatic carbocycles. The predicted molar refractivity (Wildman–Crippen MR) is 73.6 cm³/mol. The number of rotatable bonds is 7. The van der Waals surface area contributed by atoms with Crippen LogP contribution in [0.4, 0.5) is 0 Å². The zero-order chi connectivity index (χ0) is 11.8. The van der Waals surface area contributed by atoms with Crippen molar-refractivity contribution in [2.45, 2.75) is 50.8 Å². The van der Waals surface area contributed by atoms with Crippen molar-refractivity contribution in [1.29, 1.82) is 0 Å². The average molecular weight is 259 g/mol. The van der Waals surface area contributed by atoms with Crippen molar-refractivity contribution in [2.24, 2.45) is 0 Å². The summed E-state index contributed by atoms with van der Waals surface area (Å²) < 4.78 is 0. The molecule has 1 rings (SSSR count). The van der Waals surface area contributed by atoms with E-state index in [1.54, 1.807) is 0 Å². The fraction of sp³-hybridized carbons (Fsp3) is 0.571. The van der Waals surface area contributed by atoms with Crippen LogP contribution in [0.3, 0.4) is 0 Å². The van der Waals surface area contributed by atoms with E-state index in [-0.39, 0.29) is 5.38 Å². The van der Waals surface area contributed by atoms with Gasteiger partial charge in [-0.1, -0.05) is 62.4 Å². The summed E-state index contributed by atoms with van der Waals surface area (Å²) in [6.45, 7) is 2.22. The molecule has 0 aromatic heterocycles. The van der Waals surface area contributed by atoms with Crippen LogP contribution < -0.4 is 0 Å². The molecule has 0 heterocycles. The van der Waals surface area contributed by atoms with Crippen LogP contribution in [0.25, 0.3) is 0 Å². The normalized spacial score (nSPS) is 12.7. The minimum absolute atomic E-state index is 0.219. The topological polar surface area (TPSA) is 0 Å². The molecule has 1 atom stereocenters. The summed E-state index contributed by atoms with van der Waals surface area (Å²) >= 11 is 12.4. The Morgan fingerprint density at radius 2 is 1.88 bits per heavy atom. The second kappa shape index (κ2) is 7.97. The second-order valence-electron chi connectivity index (χ2n) is 4.24. The standard InChI is InChI=1S/C14H20Cl2/c1-2-3-4-5-9-13(15)11-12-8-6-7-10-14(12)16/h6-8,10,13H,2-5,9,11H2,1H3. The minimum atomic E-state index is 0.219. The van der Waals surface area contributed by atoms with E-state index >= 15 is 0 Å². The highest BCUT2D eigenvalue weighted by Gasteiger charge is 2.07. The van der Waals surface area contributed by atoms with Gasteiger partial charge in [-0.05, 0) is 24.5 Å². The molecular weight excluding hydrogens is 239 g/mol. The van der Waals surface area contributed by atoms with E-state index in [2.05, 4.69) is 13.0 Å². The first-order chi connectivity index (χ1) is 7.74. The van der Waals surface area contributed by atoms with Gasteiger partial charge in [-0.3, -0.25) is 0 Å². The molecule has 0 N–H and O–H groups in total. The van der Waals surface area contributed by atoms with Gasteiger partial charge in [0.25, 0.3) is 0 Å². The number of benzene rings is 1. The maximum Gasteiger partial charge on any atom is 0.0438 e. The molecule has 0 bridgehead atoms. The molecule has 0 saturated heterocycles. The largest absolute Gasteiger partial charge is 0.123 e. The number of hydrogen-bond acceptors (Lipinski definition) is 0. The fourth-order valence-corrected chi connectivity index (χ4v) is 2.33. The van der Waals surface area contributed by atoms with Gasteiger partial charge in [0.15, 0.2) is 0 Å². The van der Waals surface area contributed by atoms with Crippen molar-refractivity contribution in [3.8, 4) is 0 Å². The summed E-state index contributed by atoms with van der Waals surface area (Å²) in [6, 6.07) is 7.96. The van der Waals surface area contributed by atoms with E-state index < -0.39 is 0 Å². The Balaban J connectivity index is 2.28. The van der Waals surface area contributed by atoms with Gasteiger partial charge >= 0.3 is 0 Å². The summed E-state index contributed by atoms with van der Waals surface area (Å²) in [5, 5.41) is 1.05. The van der Waals surface area contributed by atoms with Crippen LogP contribution in [-0.4, -0.2) is 5.38 Å². The molecule has 0 aliphatic rings. The SMILES string of the molecule is CCCCCCC(Cl)Cc1ccccc1Cl. The summed E-state index contributed by atoms with van der Waals surface area (Å²) in [7, 11) is 0. The third-order valence-electron chi connectivity index (χ3n) is 2.77.